The molecular weight excluding hydrogens is 514 g/mol. The van der Waals surface area contributed by atoms with E-state index in [1.807, 2.05) is 6.92 Å². The van der Waals surface area contributed by atoms with Crippen LogP contribution < -0.4 is 10.6 Å². The molecule has 0 bridgehead atoms. The first-order chi connectivity index (χ1) is 19.1. The fourth-order valence-corrected chi connectivity index (χ4v) is 3.93. The van der Waals surface area contributed by atoms with E-state index in [9.17, 15) is 28.8 Å². The van der Waals surface area contributed by atoms with E-state index in [0.29, 0.717) is 65.0 Å². The molecule has 11 nitrogen and oxygen atoms in total. The van der Waals surface area contributed by atoms with Gasteiger partial charge in [0.25, 0.3) is 0 Å². The van der Waals surface area contributed by atoms with E-state index in [-0.39, 0.29) is 74.0 Å². The summed E-state index contributed by atoms with van der Waals surface area (Å²) in [6.45, 7) is 13.4. The molecule has 0 radical (unpaired) electrons. The summed E-state index contributed by atoms with van der Waals surface area (Å²) in [7, 11) is 0. The highest BCUT2D eigenvalue weighted by Gasteiger charge is 2.15. The van der Waals surface area contributed by atoms with Gasteiger partial charge in [0.2, 0.25) is 11.8 Å². The smallest absolute Gasteiger partial charge is 0.221 e. The van der Waals surface area contributed by atoms with Gasteiger partial charge in [-0.25, -0.2) is 0 Å². The minimum Gasteiger partial charge on any atom is -0.355 e. The highest BCUT2D eigenvalue weighted by atomic mass is 16.2. The Morgan fingerprint density at radius 1 is 0.450 bits per heavy atom. The summed E-state index contributed by atoms with van der Waals surface area (Å²) in [5, 5.41) is 5.74. The van der Waals surface area contributed by atoms with E-state index >= 15 is 0 Å². The number of nitrogens with one attached hydrogen (secondary N) is 2. The molecule has 0 aliphatic heterocycles. The van der Waals surface area contributed by atoms with Crippen molar-refractivity contribution < 1.29 is 28.8 Å². The van der Waals surface area contributed by atoms with Gasteiger partial charge in [0.05, 0.1) is 26.2 Å². The van der Waals surface area contributed by atoms with Crippen molar-refractivity contribution in [3.05, 3.63) is 0 Å². The third-order valence-corrected chi connectivity index (χ3v) is 6.53. The molecule has 2 N–H and O–H groups in total. The summed E-state index contributed by atoms with van der Waals surface area (Å²) in [6, 6.07) is 0. The molecule has 0 rings (SSSR count). The highest BCUT2D eigenvalue weighted by molar-refractivity contribution is 5.84. The molecule has 0 heterocycles. The first kappa shape index (κ1) is 37.5. The molecule has 0 aliphatic rings. The lowest BCUT2D eigenvalue weighted by Crippen LogP contribution is -2.41. The average Bonchev–Trinajstić information content (AvgIpc) is 2.93. The molecule has 0 unspecified atom stereocenters. The van der Waals surface area contributed by atoms with Gasteiger partial charge in [-0.3, -0.25) is 38.6 Å². The predicted molar refractivity (Wildman–Crippen MR) is 156 cm³/mol. The fourth-order valence-electron chi connectivity index (χ4n) is 3.93. The second-order valence-electron chi connectivity index (χ2n) is 10.0. The average molecular weight is 568 g/mol. The molecule has 0 atom stereocenters. The number of rotatable bonds is 26. The third-order valence-electron chi connectivity index (χ3n) is 6.53. The van der Waals surface area contributed by atoms with Crippen molar-refractivity contribution in [2.24, 2.45) is 0 Å². The maximum absolute atomic E-state index is 12.4. The van der Waals surface area contributed by atoms with E-state index in [1.54, 1.807) is 37.5 Å². The lowest BCUT2D eigenvalue weighted by molar-refractivity contribution is -0.124. The van der Waals surface area contributed by atoms with Crippen LogP contribution in [-0.2, 0) is 28.8 Å². The van der Waals surface area contributed by atoms with Crippen LogP contribution in [0.25, 0.3) is 0 Å². The summed E-state index contributed by atoms with van der Waals surface area (Å²) in [4.78, 5) is 77.8. The topological polar surface area (TPSA) is 136 Å². The van der Waals surface area contributed by atoms with Crippen molar-refractivity contribution in [2.75, 3.05) is 72.0 Å². The van der Waals surface area contributed by atoms with Gasteiger partial charge in [0.15, 0.2) is 0 Å². The second-order valence-corrected chi connectivity index (χ2v) is 10.0. The van der Waals surface area contributed by atoms with Gasteiger partial charge in [0.1, 0.15) is 23.1 Å². The van der Waals surface area contributed by atoms with Crippen LogP contribution >= 0.6 is 0 Å². The standard InChI is InChI=1S/C29H53N5O6/c1-6-15-32(16-11-28(39)30-13-18-33(20-24(35)7-2)21-25(36)8-3)17-12-29(40)31-14-19-34(22-26(37)9-4)23-27(38)10-5/h6-23H2,1-5H3,(H,30,39)(H,31,40). The molecule has 0 saturated carbocycles. The van der Waals surface area contributed by atoms with Crippen molar-refractivity contribution >= 4 is 34.9 Å². The number of carbonyl (C=O) groups is 6. The fraction of sp³-hybridized carbons (Fsp3) is 0.793. The van der Waals surface area contributed by atoms with Gasteiger partial charge in [0, 0.05) is 77.8 Å². The van der Waals surface area contributed by atoms with Gasteiger partial charge < -0.3 is 15.5 Å². The summed E-state index contributed by atoms with van der Waals surface area (Å²) in [6.07, 6.45) is 3.10. The van der Waals surface area contributed by atoms with Crippen LogP contribution in [0.3, 0.4) is 0 Å². The lowest BCUT2D eigenvalue weighted by Gasteiger charge is -2.23. The molecule has 230 valence electrons. The summed E-state index contributed by atoms with van der Waals surface area (Å²) in [5.74, 6) is 0.0138. The van der Waals surface area contributed by atoms with Gasteiger partial charge in [-0.15, -0.1) is 0 Å². The number of carbonyl (C=O) groups excluding carboxylic acids is 6. The molecule has 11 heteroatoms. The lowest BCUT2D eigenvalue weighted by atomic mass is 10.2. The Balaban J connectivity index is 4.51. The summed E-state index contributed by atoms with van der Waals surface area (Å²) >= 11 is 0. The number of ketones is 4. The zero-order valence-corrected chi connectivity index (χ0v) is 25.5. The molecule has 0 saturated heterocycles. The minimum atomic E-state index is -0.113. The van der Waals surface area contributed by atoms with E-state index in [4.69, 9.17) is 0 Å². The van der Waals surface area contributed by atoms with E-state index in [1.165, 1.54) is 0 Å². The number of hydrogen-bond donors (Lipinski definition) is 2. The van der Waals surface area contributed by atoms with Gasteiger partial charge in [-0.2, -0.15) is 0 Å². The Kier molecular flexibility index (Phi) is 21.8. The van der Waals surface area contributed by atoms with Crippen LogP contribution in [-0.4, -0.2) is 122 Å². The van der Waals surface area contributed by atoms with Crippen LogP contribution in [0.2, 0.25) is 0 Å². The first-order valence-electron chi connectivity index (χ1n) is 14.8. The molecule has 0 aromatic carbocycles. The molecule has 0 aromatic rings. The van der Waals surface area contributed by atoms with Crippen LogP contribution in [0.1, 0.15) is 79.6 Å². The van der Waals surface area contributed by atoms with Crippen molar-refractivity contribution in [3.8, 4) is 0 Å². The first-order valence-corrected chi connectivity index (χ1v) is 14.8. The molecule has 0 fully saturated rings. The number of hydrogen-bond acceptors (Lipinski definition) is 9. The van der Waals surface area contributed by atoms with E-state index in [0.717, 1.165) is 13.0 Å². The van der Waals surface area contributed by atoms with E-state index in [2.05, 4.69) is 15.5 Å². The van der Waals surface area contributed by atoms with Crippen molar-refractivity contribution in [3.63, 3.8) is 0 Å². The SMILES string of the molecule is CCCN(CCC(=O)NCCN(CC(=O)CC)CC(=O)CC)CCC(=O)NCCN(CC(=O)CC)CC(=O)CC. The predicted octanol–water partition coefficient (Wildman–Crippen LogP) is 1.23. The molecule has 2 amide bonds. The highest BCUT2D eigenvalue weighted by Crippen LogP contribution is 1.99. The molecule has 40 heavy (non-hydrogen) atoms. The Hall–Kier alpha value is -2.50. The number of amides is 2. The normalized spacial score (nSPS) is 11.2. The maximum atomic E-state index is 12.4. The van der Waals surface area contributed by atoms with Crippen LogP contribution in [0.5, 0.6) is 0 Å². The zero-order valence-electron chi connectivity index (χ0n) is 25.5. The third kappa shape index (κ3) is 19.5. The van der Waals surface area contributed by atoms with Gasteiger partial charge >= 0.3 is 0 Å². The largest absolute Gasteiger partial charge is 0.355 e. The molecular formula is C29H53N5O6. The second kappa shape index (κ2) is 23.2. The van der Waals surface area contributed by atoms with Crippen molar-refractivity contribution in [1.82, 2.24) is 25.3 Å². The quantitative estimate of drug-likeness (QED) is 0.158. The summed E-state index contributed by atoms with van der Waals surface area (Å²) in [5.41, 5.74) is 0. The molecule has 0 aromatic heterocycles. The van der Waals surface area contributed by atoms with Crippen molar-refractivity contribution in [1.29, 1.82) is 0 Å². The van der Waals surface area contributed by atoms with Crippen LogP contribution in [0.15, 0.2) is 0 Å². The maximum Gasteiger partial charge on any atom is 0.221 e. The zero-order chi connectivity index (χ0) is 30.3. The minimum absolute atomic E-state index is 0.0602. The van der Waals surface area contributed by atoms with Gasteiger partial charge in [-0.05, 0) is 13.0 Å². The van der Waals surface area contributed by atoms with Gasteiger partial charge in [-0.1, -0.05) is 34.6 Å². The van der Waals surface area contributed by atoms with Crippen LogP contribution in [0, 0.1) is 0 Å². The monoisotopic (exact) mass is 567 g/mol. The summed E-state index contributed by atoms with van der Waals surface area (Å²) < 4.78 is 0. The number of nitrogens with zero attached hydrogens (tertiary/aromatic N) is 3. The Bertz CT molecular complexity index is 706. The Labute approximate surface area is 240 Å². The molecule has 0 spiro atoms. The Morgan fingerprint density at radius 2 is 0.775 bits per heavy atom. The van der Waals surface area contributed by atoms with E-state index < -0.39 is 0 Å². The molecule has 0 aliphatic carbocycles. The number of Topliss-reactive ketones (excluding diaryl/α,β-unsaturated/α-hetero) is 4. The van der Waals surface area contributed by atoms with Crippen LogP contribution in [0.4, 0.5) is 0 Å². The van der Waals surface area contributed by atoms with Crippen molar-refractivity contribution in [2.45, 2.75) is 79.6 Å². The Morgan fingerprint density at radius 3 is 1.05 bits per heavy atom.